The monoisotopic (exact) mass is 162 g/mol. The first-order valence-corrected chi connectivity index (χ1v) is 4.86. The molecule has 66 valence electrons. The van der Waals surface area contributed by atoms with Gasteiger partial charge in [-0.3, -0.25) is 0 Å². The highest BCUT2D eigenvalue weighted by molar-refractivity contribution is 5.54. The zero-order valence-electron chi connectivity index (χ0n) is 8.78. The third kappa shape index (κ3) is 0.688. The standard InChI is InChI=1S/C12H18/c1-7-8(2)11-6-10(7)9(3)12(11,4)5/h9H,6H2,1-5H3. The van der Waals surface area contributed by atoms with E-state index < -0.39 is 0 Å². The molecule has 2 rings (SSSR count). The SMILES string of the molecule is CC1=C2CC(=C1C)C(C)(C)C2C. The van der Waals surface area contributed by atoms with Crippen LogP contribution in [-0.2, 0) is 0 Å². The van der Waals surface area contributed by atoms with Crippen LogP contribution < -0.4 is 0 Å². The molecule has 1 unspecified atom stereocenters. The summed E-state index contributed by atoms with van der Waals surface area (Å²) in [6.45, 7) is 11.7. The molecule has 0 aromatic rings. The Morgan fingerprint density at radius 2 is 1.75 bits per heavy atom. The summed E-state index contributed by atoms with van der Waals surface area (Å²) in [4.78, 5) is 0. The smallest absolute Gasteiger partial charge is 0.00726 e. The molecule has 2 aliphatic carbocycles. The van der Waals surface area contributed by atoms with Crippen LogP contribution in [0.5, 0.6) is 0 Å². The highest BCUT2D eigenvalue weighted by Gasteiger charge is 2.44. The summed E-state index contributed by atoms with van der Waals surface area (Å²) in [6.07, 6.45) is 1.27. The molecule has 12 heavy (non-hydrogen) atoms. The molecule has 1 saturated carbocycles. The molecule has 0 radical (unpaired) electrons. The van der Waals surface area contributed by atoms with Gasteiger partial charge in [0.2, 0.25) is 0 Å². The third-order valence-corrected chi connectivity index (χ3v) is 4.25. The Morgan fingerprint density at radius 3 is 2.17 bits per heavy atom. The molecule has 2 bridgehead atoms. The van der Waals surface area contributed by atoms with E-state index >= 15 is 0 Å². The molecule has 0 nitrogen and oxygen atoms in total. The van der Waals surface area contributed by atoms with Gasteiger partial charge in [-0.15, -0.1) is 0 Å². The topological polar surface area (TPSA) is 0 Å². The first-order valence-electron chi connectivity index (χ1n) is 4.86. The van der Waals surface area contributed by atoms with Crippen LogP contribution in [0.2, 0.25) is 0 Å². The number of fused-ring (bicyclic) bond motifs is 2. The second-order valence-corrected chi connectivity index (χ2v) is 4.87. The van der Waals surface area contributed by atoms with Gasteiger partial charge in [0.1, 0.15) is 0 Å². The van der Waals surface area contributed by atoms with Gasteiger partial charge in [0, 0.05) is 0 Å². The average molecular weight is 162 g/mol. The van der Waals surface area contributed by atoms with Crippen molar-refractivity contribution in [1.29, 1.82) is 0 Å². The third-order valence-electron chi connectivity index (χ3n) is 4.25. The molecule has 0 aromatic carbocycles. The predicted molar refractivity (Wildman–Crippen MR) is 53.0 cm³/mol. The lowest BCUT2D eigenvalue weighted by Gasteiger charge is -2.31. The minimum absolute atomic E-state index is 0.443. The maximum Gasteiger partial charge on any atom is -0.00726 e. The van der Waals surface area contributed by atoms with Crippen LogP contribution in [-0.4, -0.2) is 0 Å². The summed E-state index contributed by atoms with van der Waals surface area (Å²) in [7, 11) is 0. The predicted octanol–water partition coefficient (Wildman–Crippen LogP) is 3.70. The highest BCUT2D eigenvalue weighted by Crippen LogP contribution is 2.57. The molecule has 0 aromatic heterocycles. The zero-order valence-corrected chi connectivity index (χ0v) is 8.78. The van der Waals surface area contributed by atoms with Crippen molar-refractivity contribution in [3.8, 4) is 0 Å². The largest absolute Gasteiger partial charge is 0.0593 e. The number of hydrogen-bond acceptors (Lipinski definition) is 0. The minimum atomic E-state index is 0.443. The van der Waals surface area contributed by atoms with E-state index in [1.54, 1.807) is 22.3 Å². The highest BCUT2D eigenvalue weighted by atomic mass is 14.5. The van der Waals surface area contributed by atoms with Crippen molar-refractivity contribution in [2.24, 2.45) is 11.3 Å². The van der Waals surface area contributed by atoms with Gasteiger partial charge in [-0.2, -0.15) is 0 Å². The Labute approximate surface area is 75.4 Å². The van der Waals surface area contributed by atoms with Gasteiger partial charge >= 0.3 is 0 Å². The van der Waals surface area contributed by atoms with E-state index in [4.69, 9.17) is 0 Å². The van der Waals surface area contributed by atoms with Gasteiger partial charge in [-0.25, -0.2) is 0 Å². The first kappa shape index (κ1) is 8.10. The lowest BCUT2D eigenvalue weighted by molar-refractivity contribution is 0.357. The van der Waals surface area contributed by atoms with E-state index in [9.17, 15) is 0 Å². The fourth-order valence-corrected chi connectivity index (χ4v) is 2.81. The normalized spacial score (nSPS) is 32.2. The molecular weight excluding hydrogens is 144 g/mol. The quantitative estimate of drug-likeness (QED) is 0.509. The summed E-state index contributed by atoms with van der Waals surface area (Å²) in [5, 5.41) is 0. The van der Waals surface area contributed by atoms with E-state index in [0.717, 1.165) is 5.92 Å². The van der Waals surface area contributed by atoms with Crippen molar-refractivity contribution in [2.75, 3.05) is 0 Å². The van der Waals surface area contributed by atoms with Gasteiger partial charge < -0.3 is 0 Å². The van der Waals surface area contributed by atoms with Gasteiger partial charge in [0.05, 0.1) is 0 Å². The molecule has 0 saturated heterocycles. The van der Waals surface area contributed by atoms with Gasteiger partial charge in [-0.05, 0) is 42.7 Å². The molecule has 1 atom stereocenters. The summed E-state index contributed by atoms with van der Waals surface area (Å²) < 4.78 is 0. The first-order chi connectivity index (χ1) is 5.46. The summed E-state index contributed by atoms with van der Waals surface area (Å²) in [5.74, 6) is 0.774. The Hall–Kier alpha value is -0.520. The van der Waals surface area contributed by atoms with E-state index in [0.29, 0.717) is 5.41 Å². The molecule has 0 spiro atoms. The van der Waals surface area contributed by atoms with Crippen LogP contribution in [0.3, 0.4) is 0 Å². The minimum Gasteiger partial charge on any atom is -0.0593 e. The maximum absolute atomic E-state index is 2.38. The fourth-order valence-electron chi connectivity index (χ4n) is 2.81. The number of allylic oxidation sites excluding steroid dienone is 4. The Bertz CT molecular complexity index is 300. The van der Waals surface area contributed by atoms with E-state index in [2.05, 4.69) is 34.6 Å². The van der Waals surface area contributed by atoms with E-state index in [-0.39, 0.29) is 0 Å². The molecule has 1 fully saturated rings. The van der Waals surface area contributed by atoms with Crippen molar-refractivity contribution < 1.29 is 0 Å². The van der Waals surface area contributed by atoms with Crippen molar-refractivity contribution in [1.82, 2.24) is 0 Å². The van der Waals surface area contributed by atoms with Crippen LogP contribution in [0.15, 0.2) is 22.3 Å². The zero-order chi connectivity index (χ0) is 9.09. The maximum atomic E-state index is 2.38. The van der Waals surface area contributed by atoms with Gasteiger partial charge in [-0.1, -0.05) is 31.9 Å². The molecule has 2 aliphatic rings. The summed E-state index contributed by atoms with van der Waals surface area (Å²) >= 11 is 0. The fraction of sp³-hybridized carbons (Fsp3) is 0.667. The second-order valence-electron chi connectivity index (χ2n) is 4.87. The lowest BCUT2D eigenvalue weighted by atomic mass is 9.73. The summed E-state index contributed by atoms with van der Waals surface area (Å²) in [5.41, 5.74) is 7.00. The van der Waals surface area contributed by atoms with Crippen molar-refractivity contribution in [2.45, 2.75) is 41.0 Å². The van der Waals surface area contributed by atoms with Crippen LogP contribution in [0.1, 0.15) is 41.0 Å². The van der Waals surface area contributed by atoms with E-state index in [1.165, 1.54) is 6.42 Å². The number of rotatable bonds is 0. The van der Waals surface area contributed by atoms with Crippen molar-refractivity contribution in [3.63, 3.8) is 0 Å². The molecule has 0 amide bonds. The summed E-state index contributed by atoms with van der Waals surface area (Å²) in [6, 6.07) is 0. The van der Waals surface area contributed by atoms with Crippen LogP contribution in [0.4, 0.5) is 0 Å². The Morgan fingerprint density at radius 1 is 1.17 bits per heavy atom. The van der Waals surface area contributed by atoms with Crippen LogP contribution in [0, 0.1) is 11.3 Å². The van der Waals surface area contributed by atoms with Gasteiger partial charge in [0.25, 0.3) is 0 Å². The Balaban J connectivity index is 2.57. The van der Waals surface area contributed by atoms with Crippen molar-refractivity contribution in [3.05, 3.63) is 22.3 Å². The van der Waals surface area contributed by atoms with Crippen LogP contribution in [0.25, 0.3) is 0 Å². The number of hydrogen-bond donors (Lipinski definition) is 0. The molecule has 0 aliphatic heterocycles. The molecule has 0 N–H and O–H groups in total. The molecule has 0 heterocycles. The average Bonchev–Trinajstić information content (AvgIpc) is 2.38. The lowest BCUT2D eigenvalue weighted by Crippen LogP contribution is -2.21. The van der Waals surface area contributed by atoms with Crippen LogP contribution >= 0.6 is 0 Å². The molecule has 0 heteroatoms. The Kier molecular flexibility index (Phi) is 1.38. The van der Waals surface area contributed by atoms with Crippen molar-refractivity contribution >= 4 is 0 Å². The second kappa shape index (κ2) is 2.04. The van der Waals surface area contributed by atoms with E-state index in [1.807, 2.05) is 0 Å². The molecular formula is C12H18. The van der Waals surface area contributed by atoms with Gasteiger partial charge in [0.15, 0.2) is 0 Å².